The smallest absolute Gasteiger partial charge is 0.250 e. The molecule has 1 aromatic rings. The average molecular weight is 308 g/mol. The second-order valence-corrected chi connectivity index (χ2v) is 5.44. The summed E-state index contributed by atoms with van der Waals surface area (Å²) in [7, 11) is 0. The van der Waals surface area contributed by atoms with Gasteiger partial charge in [-0.3, -0.25) is 19.6 Å². The van der Waals surface area contributed by atoms with E-state index in [-0.39, 0.29) is 12.3 Å². The summed E-state index contributed by atoms with van der Waals surface area (Å²) in [6, 6.07) is 2.46. The fourth-order valence-corrected chi connectivity index (χ4v) is 2.46. The summed E-state index contributed by atoms with van der Waals surface area (Å²) >= 11 is 1.44. The normalized spacial score (nSPS) is 15.2. The number of aromatic nitrogens is 1. The van der Waals surface area contributed by atoms with Gasteiger partial charge in [0.15, 0.2) is 5.17 Å². The zero-order chi connectivity index (χ0) is 15.1. The highest BCUT2D eigenvalue weighted by atomic mass is 32.2. The topological polar surface area (TPSA) is 104 Å². The molecule has 1 aliphatic rings. The van der Waals surface area contributed by atoms with Crippen LogP contribution >= 0.6 is 11.8 Å². The van der Waals surface area contributed by atoms with Crippen LogP contribution in [0.15, 0.2) is 29.5 Å². The Labute approximate surface area is 126 Å². The summed E-state index contributed by atoms with van der Waals surface area (Å²) in [6.45, 7) is 0.199. The Kier molecular flexibility index (Phi) is 5.70. The number of nitrogens with one attached hydrogen (secondary N) is 2. The van der Waals surface area contributed by atoms with E-state index in [4.69, 9.17) is 0 Å². The van der Waals surface area contributed by atoms with Gasteiger partial charge in [0.05, 0.1) is 19.6 Å². The van der Waals surface area contributed by atoms with Gasteiger partial charge in [-0.15, -0.1) is 0 Å². The largest absolute Gasteiger partial charge is 0.394 e. The number of aliphatic hydroxyl groups excluding tert-OH is 1. The van der Waals surface area contributed by atoms with Crippen LogP contribution in [-0.2, 0) is 16.0 Å². The highest BCUT2D eigenvalue weighted by Crippen LogP contribution is 2.08. The summed E-state index contributed by atoms with van der Waals surface area (Å²) < 4.78 is 0. The molecule has 3 N–H and O–H groups in total. The first-order valence-electron chi connectivity index (χ1n) is 6.46. The maximum atomic E-state index is 11.9. The molecule has 0 bridgehead atoms. The van der Waals surface area contributed by atoms with Crippen LogP contribution in [0.3, 0.4) is 0 Å². The third kappa shape index (κ3) is 4.83. The van der Waals surface area contributed by atoms with Gasteiger partial charge in [0.25, 0.3) is 5.91 Å². The number of hydrogen-bond donors (Lipinski definition) is 3. The minimum atomic E-state index is -0.983. The third-order valence-electron chi connectivity index (χ3n) is 2.76. The molecule has 1 unspecified atom stereocenters. The van der Waals surface area contributed by atoms with E-state index in [9.17, 15) is 14.7 Å². The second kappa shape index (κ2) is 7.75. The van der Waals surface area contributed by atoms with Crippen LogP contribution in [0.2, 0.25) is 0 Å². The van der Waals surface area contributed by atoms with Crippen LogP contribution < -0.4 is 10.6 Å². The number of pyridine rings is 1. The molecule has 7 nitrogen and oxygen atoms in total. The fraction of sp³-hybridized carbons (Fsp3) is 0.385. The summed E-state index contributed by atoms with van der Waals surface area (Å²) in [5, 5.41) is 14.9. The van der Waals surface area contributed by atoms with Gasteiger partial charge in [-0.2, -0.15) is 0 Å². The number of rotatable bonds is 5. The zero-order valence-electron chi connectivity index (χ0n) is 11.3. The molecule has 0 fully saturated rings. The van der Waals surface area contributed by atoms with Crippen molar-refractivity contribution in [2.75, 3.05) is 18.9 Å². The standard InChI is InChI=1S/C13H16N4O3S/c18-8-10(12(20)17-13-15-5-6-21-13)16-11(19)7-9-1-3-14-4-2-9/h1-4,10,18H,5-8H2,(H,16,19)(H,15,17,20). The Morgan fingerprint density at radius 2 is 2.14 bits per heavy atom. The van der Waals surface area contributed by atoms with E-state index >= 15 is 0 Å². The first-order chi connectivity index (χ1) is 10.2. The van der Waals surface area contributed by atoms with E-state index in [1.165, 1.54) is 11.8 Å². The molecule has 2 heterocycles. The van der Waals surface area contributed by atoms with Crippen molar-refractivity contribution in [3.8, 4) is 0 Å². The molecule has 0 radical (unpaired) electrons. The molecule has 0 aromatic carbocycles. The van der Waals surface area contributed by atoms with E-state index in [0.717, 1.165) is 11.3 Å². The molecule has 0 aliphatic carbocycles. The van der Waals surface area contributed by atoms with Crippen molar-refractivity contribution in [2.24, 2.45) is 4.99 Å². The first-order valence-corrected chi connectivity index (χ1v) is 7.45. The van der Waals surface area contributed by atoms with Crippen molar-refractivity contribution in [1.29, 1.82) is 0 Å². The Hall–Kier alpha value is -1.93. The molecular formula is C13H16N4O3S. The number of carbonyl (C=O) groups is 2. The quantitative estimate of drug-likeness (QED) is 0.669. The maximum Gasteiger partial charge on any atom is 0.250 e. The van der Waals surface area contributed by atoms with E-state index in [1.807, 2.05) is 0 Å². The van der Waals surface area contributed by atoms with E-state index in [1.54, 1.807) is 24.5 Å². The van der Waals surface area contributed by atoms with Crippen molar-refractivity contribution < 1.29 is 14.7 Å². The number of amides is 2. The summed E-state index contributed by atoms with van der Waals surface area (Å²) in [4.78, 5) is 31.7. The highest BCUT2D eigenvalue weighted by molar-refractivity contribution is 8.14. The van der Waals surface area contributed by atoms with Gasteiger partial charge in [-0.25, -0.2) is 0 Å². The highest BCUT2D eigenvalue weighted by Gasteiger charge is 2.22. The lowest BCUT2D eigenvalue weighted by molar-refractivity contribution is -0.128. The van der Waals surface area contributed by atoms with Crippen LogP contribution in [-0.4, -0.2) is 52.0 Å². The molecule has 1 aliphatic heterocycles. The van der Waals surface area contributed by atoms with Crippen molar-refractivity contribution in [3.05, 3.63) is 30.1 Å². The van der Waals surface area contributed by atoms with Crippen LogP contribution in [0.1, 0.15) is 5.56 Å². The van der Waals surface area contributed by atoms with Crippen molar-refractivity contribution in [3.63, 3.8) is 0 Å². The molecule has 2 rings (SSSR count). The van der Waals surface area contributed by atoms with Crippen molar-refractivity contribution in [2.45, 2.75) is 12.5 Å². The van der Waals surface area contributed by atoms with Gasteiger partial charge in [-0.1, -0.05) is 11.8 Å². The SMILES string of the molecule is O=C(Cc1ccncc1)NC(CO)C(=O)NC1=NCCS1. The fourth-order valence-electron chi connectivity index (χ4n) is 1.73. The summed E-state index contributed by atoms with van der Waals surface area (Å²) in [5.41, 5.74) is 0.787. The minimum absolute atomic E-state index is 0.127. The number of aliphatic hydroxyl groups is 1. The first kappa shape index (κ1) is 15.5. The maximum absolute atomic E-state index is 11.9. The Morgan fingerprint density at radius 3 is 2.76 bits per heavy atom. The van der Waals surface area contributed by atoms with E-state index < -0.39 is 18.6 Å². The third-order valence-corrected chi connectivity index (χ3v) is 3.66. The van der Waals surface area contributed by atoms with Crippen molar-refractivity contribution >= 4 is 28.7 Å². The number of hydrogen-bond acceptors (Lipinski definition) is 6. The zero-order valence-corrected chi connectivity index (χ0v) is 12.1. The van der Waals surface area contributed by atoms with Gasteiger partial charge in [0, 0.05) is 18.1 Å². The second-order valence-electron chi connectivity index (χ2n) is 4.36. The predicted octanol–water partition coefficient (Wildman–Crippen LogP) is -0.680. The number of thioether (sulfide) groups is 1. The molecule has 0 spiro atoms. The summed E-state index contributed by atoms with van der Waals surface area (Å²) in [6.07, 6.45) is 3.31. The number of nitrogens with zero attached hydrogens (tertiary/aromatic N) is 2. The Balaban J connectivity index is 1.86. The monoisotopic (exact) mass is 308 g/mol. The predicted molar refractivity (Wildman–Crippen MR) is 79.9 cm³/mol. The molecule has 1 atom stereocenters. The van der Waals surface area contributed by atoms with E-state index in [2.05, 4.69) is 20.6 Å². The number of aliphatic imine (C=N–C) groups is 1. The molecule has 8 heteroatoms. The molecule has 0 saturated heterocycles. The molecule has 1 aromatic heterocycles. The number of amidine groups is 1. The molecule has 2 amide bonds. The van der Waals surface area contributed by atoms with Gasteiger partial charge in [0.1, 0.15) is 6.04 Å². The van der Waals surface area contributed by atoms with Crippen molar-refractivity contribution in [1.82, 2.24) is 15.6 Å². The van der Waals surface area contributed by atoms with Gasteiger partial charge >= 0.3 is 0 Å². The van der Waals surface area contributed by atoms with Gasteiger partial charge in [-0.05, 0) is 17.7 Å². The van der Waals surface area contributed by atoms with Gasteiger partial charge < -0.3 is 15.7 Å². The van der Waals surface area contributed by atoms with Crippen LogP contribution in [0.4, 0.5) is 0 Å². The summed E-state index contributed by atoms with van der Waals surface area (Å²) in [5.74, 6) is 0.0264. The lowest BCUT2D eigenvalue weighted by atomic mass is 10.2. The Morgan fingerprint density at radius 1 is 1.38 bits per heavy atom. The van der Waals surface area contributed by atoms with Crippen LogP contribution in [0, 0.1) is 0 Å². The molecule has 112 valence electrons. The van der Waals surface area contributed by atoms with Crippen LogP contribution in [0.5, 0.6) is 0 Å². The van der Waals surface area contributed by atoms with E-state index in [0.29, 0.717) is 11.7 Å². The van der Waals surface area contributed by atoms with Crippen LogP contribution in [0.25, 0.3) is 0 Å². The average Bonchev–Trinajstić information content (AvgIpc) is 2.98. The number of carbonyl (C=O) groups excluding carboxylic acids is 2. The van der Waals surface area contributed by atoms with Gasteiger partial charge in [0.2, 0.25) is 5.91 Å². The molecule has 21 heavy (non-hydrogen) atoms. The molecule has 0 saturated carbocycles. The lowest BCUT2D eigenvalue weighted by Crippen LogP contribution is -2.50. The lowest BCUT2D eigenvalue weighted by Gasteiger charge is -2.15. The Bertz CT molecular complexity index is 535. The molecular weight excluding hydrogens is 292 g/mol. The minimum Gasteiger partial charge on any atom is -0.394 e.